The van der Waals surface area contributed by atoms with Crippen molar-refractivity contribution in [2.75, 3.05) is 43.6 Å². The molecule has 8 nitrogen and oxygen atoms in total. The number of hydroxylamine groups is 2. The normalized spacial score (nSPS) is 27.9. The predicted molar refractivity (Wildman–Crippen MR) is 134 cm³/mol. The fourth-order valence-electron chi connectivity index (χ4n) is 6.35. The lowest BCUT2D eigenvalue weighted by atomic mass is 9.81. The number of likely N-dealkylation sites (N-methyl/N-ethyl adjacent to an activating group) is 2. The SMILES string of the molecule is C[C@@H]1CN(OCCc2ccccc2)C(=O)[C@@H]1N(C(=O)O)c1ccc2c(c1)[C@]1(C)CCN(C)C1N2C. The summed E-state index contributed by atoms with van der Waals surface area (Å²) in [5, 5.41) is 11.6. The number of amides is 2. The number of likely N-dealkylation sites (tertiary alicyclic amines) is 1. The molecule has 0 radical (unpaired) electrons. The van der Waals surface area contributed by atoms with Crippen LogP contribution in [0, 0.1) is 5.92 Å². The molecule has 186 valence electrons. The monoisotopic (exact) mass is 478 g/mol. The lowest BCUT2D eigenvalue weighted by Crippen LogP contribution is -2.47. The molecule has 4 atom stereocenters. The molecule has 3 aliphatic rings. The molecule has 1 N–H and O–H groups in total. The number of carbonyl (C=O) groups excluding carboxylic acids is 1. The van der Waals surface area contributed by atoms with Crippen molar-refractivity contribution in [2.45, 2.75) is 44.3 Å². The molecule has 2 aromatic carbocycles. The molecular formula is C27H34N4O4. The number of anilines is 2. The van der Waals surface area contributed by atoms with Gasteiger partial charge in [0, 0.05) is 36.3 Å². The third-order valence-electron chi connectivity index (χ3n) is 8.05. The van der Waals surface area contributed by atoms with Gasteiger partial charge in [0.1, 0.15) is 6.04 Å². The second-order valence-corrected chi connectivity index (χ2v) is 10.4. The number of rotatable bonds is 6. The molecule has 0 aliphatic carbocycles. The number of carboxylic acid groups (broad SMARTS) is 1. The maximum absolute atomic E-state index is 13.3. The van der Waals surface area contributed by atoms with Crippen molar-refractivity contribution in [1.82, 2.24) is 9.96 Å². The lowest BCUT2D eigenvalue weighted by molar-refractivity contribution is -0.178. The summed E-state index contributed by atoms with van der Waals surface area (Å²) in [5.74, 6) is -0.512. The quantitative estimate of drug-likeness (QED) is 0.684. The van der Waals surface area contributed by atoms with E-state index in [1.165, 1.54) is 9.96 Å². The Morgan fingerprint density at radius 1 is 1.20 bits per heavy atom. The Balaban J connectivity index is 1.37. The summed E-state index contributed by atoms with van der Waals surface area (Å²) in [6.07, 6.45) is 0.798. The maximum Gasteiger partial charge on any atom is 0.412 e. The summed E-state index contributed by atoms with van der Waals surface area (Å²) >= 11 is 0. The number of fused-ring (bicyclic) bond motifs is 3. The summed E-state index contributed by atoms with van der Waals surface area (Å²) < 4.78 is 0. The van der Waals surface area contributed by atoms with Crippen LogP contribution in [0.3, 0.4) is 0 Å². The Hall–Kier alpha value is -3.10. The Kier molecular flexibility index (Phi) is 5.97. The zero-order valence-corrected chi connectivity index (χ0v) is 20.8. The van der Waals surface area contributed by atoms with E-state index in [9.17, 15) is 14.7 Å². The van der Waals surface area contributed by atoms with Crippen molar-refractivity contribution in [3.05, 3.63) is 59.7 Å². The van der Waals surface area contributed by atoms with Gasteiger partial charge in [-0.05, 0) is 49.2 Å². The number of carbonyl (C=O) groups is 2. The van der Waals surface area contributed by atoms with Crippen LogP contribution in [0.1, 0.15) is 31.4 Å². The van der Waals surface area contributed by atoms with Crippen LogP contribution in [0.15, 0.2) is 48.5 Å². The second-order valence-electron chi connectivity index (χ2n) is 10.4. The zero-order valence-electron chi connectivity index (χ0n) is 20.8. The van der Waals surface area contributed by atoms with Crippen molar-refractivity contribution >= 4 is 23.4 Å². The minimum atomic E-state index is -1.13. The first kappa shape index (κ1) is 23.6. The number of benzene rings is 2. The van der Waals surface area contributed by atoms with Crippen molar-refractivity contribution in [2.24, 2.45) is 5.92 Å². The average molecular weight is 479 g/mol. The first-order chi connectivity index (χ1) is 16.7. The molecule has 3 aliphatic heterocycles. The molecule has 0 bridgehead atoms. The van der Waals surface area contributed by atoms with Crippen molar-refractivity contribution in [3.8, 4) is 0 Å². The molecule has 1 unspecified atom stereocenters. The van der Waals surface area contributed by atoms with Crippen LogP contribution in [-0.4, -0.2) is 73.1 Å². The number of hydrogen-bond acceptors (Lipinski definition) is 5. The summed E-state index contributed by atoms with van der Waals surface area (Å²) in [7, 11) is 4.23. The highest BCUT2D eigenvalue weighted by atomic mass is 16.7. The van der Waals surface area contributed by atoms with Crippen molar-refractivity contribution < 1.29 is 19.5 Å². The molecule has 0 aromatic heterocycles. The highest BCUT2D eigenvalue weighted by Crippen LogP contribution is 2.52. The molecule has 5 rings (SSSR count). The van der Waals surface area contributed by atoms with E-state index in [0.717, 1.165) is 29.8 Å². The van der Waals surface area contributed by atoms with Gasteiger partial charge in [0.2, 0.25) is 0 Å². The van der Waals surface area contributed by atoms with Gasteiger partial charge in [-0.25, -0.2) is 9.86 Å². The molecule has 8 heteroatoms. The Bertz CT molecular complexity index is 1130. The van der Waals surface area contributed by atoms with Gasteiger partial charge in [-0.2, -0.15) is 0 Å². The molecule has 2 fully saturated rings. The van der Waals surface area contributed by atoms with Gasteiger partial charge < -0.3 is 10.0 Å². The van der Waals surface area contributed by atoms with E-state index in [1.54, 1.807) is 0 Å². The average Bonchev–Trinajstić information content (AvgIpc) is 3.37. The van der Waals surface area contributed by atoms with Crippen LogP contribution in [0.4, 0.5) is 16.2 Å². The highest BCUT2D eigenvalue weighted by molar-refractivity contribution is 5.98. The van der Waals surface area contributed by atoms with E-state index in [2.05, 4.69) is 30.8 Å². The van der Waals surface area contributed by atoms with Crippen LogP contribution < -0.4 is 9.80 Å². The van der Waals surface area contributed by atoms with Gasteiger partial charge in [0.05, 0.1) is 19.3 Å². The topological polar surface area (TPSA) is 76.6 Å². The van der Waals surface area contributed by atoms with Crippen LogP contribution in [0.2, 0.25) is 0 Å². The molecule has 2 aromatic rings. The fourth-order valence-corrected chi connectivity index (χ4v) is 6.35. The van der Waals surface area contributed by atoms with Gasteiger partial charge in [-0.1, -0.05) is 44.2 Å². The smallest absolute Gasteiger partial charge is 0.412 e. The van der Waals surface area contributed by atoms with E-state index in [1.807, 2.05) is 55.5 Å². The molecule has 0 spiro atoms. The Morgan fingerprint density at radius 2 is 1.94 bits per heavy atom. The van der Waals surface area contributed by atoms with Gasteiger partial charge in [-0.15, -0.1) is 0 Å². The minimum Gasteiger partial charge on any atom is -0.465 e. The highest BCUT2D eigenvalue weighted by Gasteiger charge is 2.53. The van der Waals surface area contributed by atoms with Crippen LogP contribution in [0.25, 0.3) is 0 Å². The van der Waals surface area contributed by atoms with Crippen molar-refractivity contribution in [3.63, 3.8) is 0 Å². The van der Waals surface area contributed by atoms with Gasteiger partial charge in [0.15, 0.2) is 0 Å². The molecule has 3 heterocycles. The first-order valence-corrected chi connectivity index (χ1v) is 12.3. The maximum atomic E-state index is 13.3. The van der Waals surface area contributed by atoms with Crippen LogP contribution in [0.5, 0.6) is 0 Å². The summed E-state index contributed by atoms with van der Waals surface area (Å²) in [4.78, 5) is 37.5. The minimum absolute atomic E-state index is 0.0864. The first-order valence-electron chi connectivity index (χ1n) is 12.3. The van der Waals surface area contributed by atoms with E-state index in [0.29, 0.717) is 25.3 Å². The number of hydrogen-bond donors (Lipinski definition) is 1. The van der Waals surface area contributed by atoms with E-state index in [4.69, 9.17) is 4.84 Å². The second kappa shape index (κ2) is 8.84. The predicted octanol–water partition coefficient (Wildman–Crippen LogP) is 3.56. The van der Waals surface area contributed by atoms with E-state index >= 15 is 0 Å². The van der Waals surface area contributed by atoms with Crippen LogP contribution in [-0.2, 0) is 21.5 Å². The molecule has 2 saturated heterocycles. The fraction of sp³-hybridized carbons (Fsp3) is 0.481. The van der Waals surface area contributed by atoms with Gasteiger partial charge in [0.25, 0.3) is 5.91 Å². The summed E-state index contributed by atoms with van der Waals surface area (Å²) in [6.45, 7) is 5.87. The van der Waals surface area contributed by atoms with Crippen molar-refractivity contribution in [1.29, 1.82) is 0 Å². The molecule has 35 heavy (non-hydrogen) atoms. The summed E-state index contributed by atoms with van der Waals surface area (Å²) in [6, 6.07) is 14.9. The summed E-state index contributed by atoms with van der Waals surface area (Å²) in [5.41, 5.74) is 3.85. The largest absolute Gasteiger partial charge is 0.465 e. The lowest BCUT2D eigenvalue weighted by Gasteiger charge is -2.32. The molecule has 2 amide bonds. The number of nitrogens with zero attached hydrogens (tertiary/aromatic N) is 4. The third-order valence-corrected chi connectivity index (χ3v) is 8.05. The van der Waals surface area contributed by atoms with Gasteiger partial charge >= 0.3 is 6.09 Å². The Labute approximate surface area is 206 Å². The standard InChI is InChI=1S/C27H34N4O4/c1-18-17-30(35-15-12-19-8-6-5-7-9-19)24(32)23(18)31(26(33)34)20-10-11-22-21(16-20)27(2)13-14-28(3)25(27)29(22)4/h5-11,16,18,23,25H,12-15,17H2,1-4H3,(H,33,34)/t18-,23-,25?,27+/m1/s1. The zero-order chi connectivity index (χ0) is 24.9. The third kappa shape index (κ3) is 3.85. The molecular weight excluding hydrogens is 444 g/mol. The van der Waals surface area contributed by atoms with E-state index in [-0.39, 0.29) is 23.4 Å². The molecule has 0 saturated carbocycles. The van der Waals surface area contributed by atoms with Gasteiger partial charge in [-0.3, -0.25) is 19.4 Å². The van der Waals surface area contributed by atoms with E-state index < -0.39 is 12.1 Å². The van der Waals surface area contributed by atoms with Crippen LogP contribution >= 0.6 is 0 Å². The Morgan fingerprint density at radius 3 is 2.66 bits per heavy atom.